The van der Waals surface area contributed by atoms with Crippen LogP contribution >= 0.6 is 0 Å². The predicted octanol–water partition coefficient (Wildman–Crippen LogP) is 2.47. The van der Waals surface area contributed by atoms with Crippen molar-refractivity contribution in [3.63, 3.8) is 0 Å². The zero-order valence-corrected chi connectivity index (χ0v) is 12.6. The lowest BCUT2D eigenvalue weighted by molar-refractivity contribution is -0.142. The van der Waals surface area contributed by atoms with Crippen molar-refractivity contribution >= 4 is 11.9 Å². The average Bonchev–Trinajstić information content (AvgIpc) is 2.78. The second-order valence-corrected chi connectivity index (χ2v) is 5.49. The Labute approximate surface area is 124 Å². The molecule has 0 saturated carbocycles. The molecule has 2 atom stereocenters. The molecule has 2 unspecified atom stereocenters. The number of likely N-dealkylation sites (tertiary alicyclic amines) is 1. The number of carboxylic acids is 1. The second-order valence-electron chi connectivity index (χ2n) is 5.49. The van der Waals surface area contributed by atoms with E-state index >= 15 is 0 Å². The lowest BCUT2D eigenvalue weighted by Crippen LogP contribution is -2.36. The molecule has 0 aliphatic carbocycles. The summed E-state index contributed by atoms with van der Waals surface area (Å²) in [5.74, 6) is -0.979. The Hall–Kier alpha value is -2.04. The first-order valence-corrected chi connectivity index (χ1v) is 7.22. The van der Waals surface area contributed by atoms with E-state index in [0.717, 1.165) is 11.3 Å². The smallest absolute Gasteiger partial charge is 0.309 e. The van der Waals surface area contributed by atoms with E-state index in [9.17, 15) is 14.7 Å². The number of aliphatic carboxylic acids is 1. The maximum atomic E-state index is 12.1. The number of carbonyl (C=O) groups excluding carboxylic acids is 1. The van der Waals surface area contributed by atoms with Crippen molar-refractivity contribution in [3.05, 3.63) is 29.8 Å². The largest absolute Gasteiger partial charge is 0.494 e. The maximum Gasteiger partial charge on any atom is 0.309 e. The molecular weight excluding hydrogens is 270 g/mol. The maximum absolute atomic E-state index is 12.1. The lowest BCUT2D eigenvalue weighted by Gasteiger charge is -2.30. The van der Waals surface area contributed by atoms with Crippen molar-refractivity contribution in [1.82, 2.24) is 4.90 Å². The minimum absolute atomic E-state index is 0.0292. The molecule has 1 aliphatic rings. The van der Waals surface area contributed by atoms with Crippen LogP contribution in [-0.4, -0.2) is 34.5 Å². The molecule has 1 heterocycles. The summed E-state index contributed by atoms with van der Waals surface area (Å²) in [4.78, 5) is 25.3. The number of nitrogens with zero attached hydrogens (tertiary/aromatic N) is 1. The van der Waals surface area contributed by atoms with Crippen molar-refractivity contribution in [2.45, 2.75) is 39.3 Å². The van der Waals surface area contributed by atoms with Crippen LogP contribution in [0.5, 0.6) is 5.75 Å². The Morgan fingerprint density at radius 2 is 2.00 bits per heavy atom. The molecule has 1 N–H and O–H groups in total. The summed E-state index contributed by atoms with van der Waals surface area (Å²) in [5, 5.41) is 9.40. The van der Waals surface area contributed by atoms with Crippen LogP contribution < -0.4 is 4.74 Å². The van der Waals surface area contributed by atoms with E-state index in [1.165, 1.54) is 0 Å². The third kappa shape index (κ3) is 3.01. The fraction of sp³-hybridized carbons (Fsp3) is 0.500. The highest BCUT2D eigenvalue weighted by molar-refractivity contribution is 5.87. The molecule has 2 rings (SSSR count). The van der Waals surface area contributed by atoms with Gasteiger partial charge >= 0.3 is 5.97 Å². The molecule has 1 saturated heterocycles. The number of carbonyl (C=O) groups is 2. The molecule has 0 spiro atoms. The van der Waals surface area contributed by atoms with Crippen LogP contribution in [0, 0.1) is 5.92 Å². The highest BCUT2D eigenvalue weighted by atomic mass is 16.5. The van der Waals surface area contributed by atoms with E-state index in [4.69, 9.17) is 4.74 Å². The summed E-state index contributed by atoms with van der Waals surface area (Å²) < 4.78 is 5.40. The van der Waals surface area contributed by atoms with Gasteiger partial charge in [0.05, 0.1) is 18.6 Å². The van der Waals surface area contributed by atoms with Gasteiger partial charge in [0.25, 0.3) is 0 Å². The van der Waals surface area contributed by atoms with E-state index in [1.807, 2.05) is 45.0 Å². The number of benzene rings is 1. The summed E-state index contributed by atoms with van der Waals surface area (Å²) in [6.07, 6.45) is 0.0609. The van der Waals surface area contributed by atoms with Gasteiger partial charge in [0, 0.05) is 12.5 Å². The third-order valence-corrected chi connectivity index (χ3v) is 3.77. The number of rotatable bonds is 5. The quantitative estimate of drug-likeness (QED) is 0.905. The number of carboxylic acid groups (broad SMARTS) is 1. The van der Waals surface area contributed by atoms with Crippen molar-refractivity contribution in [2.75, 3.05) is 6.61 Å². The Balaban J connectivity index is 2.35. The molecule has 1 amide bonds. The van der Waals surface area contributed by atoms with Crippen molar-refractivity contribution in [3.8, 4) is 5.75 Å². The van der Waals surface area contributed by atoms with Crippen LogP contribution in [0.25, 0.3) is 0 Å². The van der Waals surface area contributed by atoms with Gasteiger partial charge in [-0.05, 0) is 38.5 Å². The SMILES string of the molecule is CCOc1ccc(C2C(C(=O)O)CC(=O)N2C(C)C)cc1. The van der Waals surface area contributed by atoms with E-state index in [1.54, 1.807) is 4.90 Å². The molecule has 5 heteroatoms. The molecule has 1 aromatic carbocycles. The van der Waals surface area contributed by atoms with E-state index < -0.39 is 17.9 Å². The zero-order valence-electron chi connectivity index (χ0n) is 12.6. The molecule has 1 aromatic rings. The van der Waals surface area contributed by atoms with E-state index in [-0.39, 0.29) is 18.4 Å². The summed E-state index contributed by atoms with van der Waals surface area (Å²) in [6.45, 7) is 6.30. The normalized spacial score (nSPS) is 21.9. The number of amides is 1. The van der Waals surface area contributed by atoms with Crippen LogP contribution in [0.15, 0.2) is 24.3 Å². The minimum atomic E-state index is -0.926. The first-order chi connectivity index (χ1) is 9.95. The highest BCUT2D eigenvalue weighted by Crippen LogP contribution is 2.40. The molecule has 0 aromatic heterocycles. The Morgan fingerprint density at radius 1 is 1.38 bits per heavy atom. The minimum Gasteiger partial charge on any atom is -0.494 e. The van der Waals surface area contributed by atoms with Gasteiger partial charge < -0.3 is 14.7 Å². The van der Waals surface area contributed by atoms with Crippen LogP contribution in [0.2, 0.25) is 0 Å². The van der Waals surface area contributed by atoms with Gasteiger partial charge in [-0.3, -0.25) is 9.59 Å². The van der Waals surface area contributed by atoms with Crippen molar-refractivity contribution in [2.24, 2.45) is 5.92 Å². The molecular formula is C16H21NO4. The fourth-order valence-electron chi connectivity index (χ4n) is 2.91. The highest BCUT2D eigenvalue weighted by Gasteiger charge is 2.45. The summed E-state index contributed by atoms with van der Waals surface area (Å²) in [5.41, 5.74) is 0.838. The topological polar surface area (TPSA) is 66.8 Å². The first kappa shape index (κ1) is 15.4. The van der Waals surface area contributed by atoms with Crippen molar-refractivity contribution in [1.29, 1.82) is 0 Å². The third-order valence-electron chi connectivity index (χ3n) is 3.77. The summed E-state index contributed by atoms with van der Waals surface area (Å²) in [6, 6.07) is 6.89. The molecule has 1 aliphatic heterocycles. The van der Waals surface area contributed by atoms with Gasteiger partial charge in [0.1, 0.15) is 5.75 Å². The van der Waals surface area contributed by atoms with Gasteiger partial charge in [0.2, 0.25) is 5.91 Å². The van der Waals surface area contributed by atoms with Crippen LogP contribution in [0.1, 0.15) is 38.8 Å². The molecule has 0 bridgehead atoms. The van der Waals surface area contributed by atoms with Gasteiger partial charge in [-0.2, -0.15) is 0 Å². The van der Waals surface area contributed by atoms with Gasteiger partial charge in [-0.25, -0.2) is 0 Å². The number of hydrogen-bond donors (Lipinski definition) is 1. The fourth-order valence-corrected chi connectivity index (χ4v) is 2.91. The molecule has 21 heavy (non-hydrogen) atoms. The molecule has 5 nitrogen and oxygen atoms in total. The summed E-state index contributed by atoms with van der Waals surface area (Å²) in [7, 11) is 0. The van der Waals surface area contributed by atoms with E-state index in [0.29, 0.717) is 6.61 Å². The standard InChI is InChI=1S/C16H21NO4/c1-4-21-12-7-5-11(6-8-12)15-13(16(19)20)9-14(18)17(15)10(2)3/h5-8,10,13,15H,4,9H2,1-3H3,(H,19,20). The van der Waals surface area contributed by atoms with Gasteiger partial charge in [-0.1, -0.05) is 12.1 Å². The van der Waals surface area contributed by atoms with Gasteiger partial charge in [0.15, 0.2) is 0 Å². The van der Waals surface area contributed by atoms with Gasteiger partial charge in [-0.15, -0.1) is 0 Å². The van der Waals surface area contributed by atoms with Crippen LogP contribution in [0.3, 0.4) is 0 Å². The predicted molar refractivity (Wildman–Crippen MR) is 78.1 cm³/mol. The Kier molecular flexibility index (Phi) is 4.50. The zero-order chi connectivity index (χ0) is 15.6. The van der Waals surface area contributed by atoms with Crippen LogP contribution in [-0.2, 0) is 9.59 Å². The average molecular weight is 291 g/mol. The Morgan fingerprint density at radius 3 is 2.48 bits per heavy atom. The molecule has 1 fully saturated rings. The first-order valence-electron chi connectivity index (χ1n) is 7.22. The Bertz CT molecular complexity index is 524. The number of ether oxygens (including phenoxy) is 1. The molecule has 0 radical (unpaired) electrons. The van der Waals surface area contributed by atoms with Crippen molar-refractivity contribution < 1.29 is 19.4 Å². The molecule has 114 valence electrons. The van der Waals surface area contributed by atoms with Crippen LogP contribution in [0.4, 0.5) is 0 Å². The monoisotopic (exact) mass is 291 g/mol. The van der Waals surface area contributed by atoms with E-state index in [2.05, 4.69) is 0 Å². The second kappa shape index (κ2) is 6.16. The number of hydrogen-bond acceptors (Lipinski definition) is 3. The lowest BCUT2D eigenvalue weighted by atomic mass is 9.93. The summed E-state index contributed by atoms with van der Waals surface area (Å²) >= 11 is 0.